The average Bonchev–Trinajstić information content (AvgIpc) is 3.27. The maximum absolute atomic E-state index is 15.9. The van der Waals surface area contributed by atoms with Crippen LogP contribution in [-0.2, 0) is 42.9 Å². The Bertz CT molecular complexity index is 2340. The first-order chi connectivity index (χ1) is 30.8. The van der Waals surface area contributed by atoms with Crippen LogP contribution in [0.3, 0.4) is 0 Å². The fourth-order valence-electron chi connectivity index (χ4n) is 10.6. The lowest BCUT2D eigenvalue weighted by molar-refractivity contribution is -0.331. The van der Waals surface area contributed by atoms with Crippen LogP contribution in [0.25, 0.3) is 0 Å². The van der Waals surface area contributed by atoms with Crippen molar-refractivity contribution in [2.24, 2.45) is 16.7 Å². The lowest BCUT2D eigenvalue weighted by Gasteiger charge is -2.68. The molecule has 4 aliphatic rings. The van der Waals surface area contributed by atoms with E-state index >= 15 is 4.79 Å². The van der Waals surface area contributed by atoms with Gasteiger partial charge < -0.3 is 44.3 Å². The van der Waals surface area contributed by atoms with Crippen molar-refractivity contribution in [3.63, 3.8) is 0 Å². The van der Waals surface area contributed by atoms with Gasteiger partial charge in [0, 0.05) is 42.2 Å². The Balaban J connectivity index is 1.41. The summed E-state index contributed by atoms with van der Waals surface area (Å²) in [5.74, 6) is -6.18. The number of carbonyl (C=O) groups is 6. The van der Waals surface area contributed by atoms with Crippen molar-refractivity contribution in [2.45, 2.75) is 107 Å². The van der Waals surface area contributed by atoms with E-state index in [0.29, 0.717) is 5.56 Å². The number of rotatable bonds is 13. The summed E-state index contributed by atoms with van der Waals surface area (Å²) < 4.78 is 31.0. The summed E-state index contributed by atoms with van der Waals surface area (Å²) in [6.45, 7) is 8.20. The molecule has 7 rings (SSSR count). The van der Waals surface area contributed by atoms with Crippen molar-refractivity contribution >= 4 is 47.3 Å². The highest BCUT2D eigenvalue weighted by atomic mass is 32.2. The summed E-state index contributed by atoms with van der Waals surface area (Å²) in [4.78, 5) is 84.7. The monoisotopic (exact) mass is 913 g/mol. The first-order valence-electron chi connectivity index (χ1n) is 21.6. The van der Waals surface area contributed by atoms with Gasteiger partial charge in [-0.05, 0) is 54.3 Å². The highest BCUT2D eigenvalue weighted by molar-refractivity contribution is 8.00. The van der Waals surface area contributed by atoms with Crippen LogP contribution in [0, 0.1) is 16.7 Å². The van der Waals surface area contributed by atoms with Gasteiger partial charge in [-0.15, -0.1) is 0 Å². The number of aliphatic hydroxyl groups is 3. The Morgan fingerprint density at radius 1 is 0.862 bits per heavy atom. The molecule has 2 saturated carbocycles. The second-order valence-corrected chi connectivity index (χ2v) is 19.2. The first kappa shape index (κ1) is 47.6. The van der Waals surface area contributed by atoms with E-state index < -0.39 is 112 Å². The molecule has 346 valence electrons. The molecule has 15 nitrogen and oxygen atoms in total. The summed E-state index contributed by atoms with van der Waals surface area (Å²) in [7, 11) is 0. The van der Waals surface area contributed by atoms with Crippen molar-refractivity contribution in [3.8, 4) is 0 Å². The molecule has 1 heterocycles. The predicted octanol–water partition coefficient (Wildman–Crippen LogP) is 4.47. The van der Waals surface area contributed by atoms with E-state index in [9.17, 15) is 39.3 Å². The van der Waals surface area contributed by atoms with E-state index in [0.717, 1.165) is 6.92 Å². The quantitative estimate of drug-likeness (QED) is 0.106. The molecule has 1 amide bonds. The van der Waals surface area contributed by atoms with Gasteiger partial charge in [0.25, 0.3) is 5.91 Å². The summed E-state index contributed by atoms with van der Waals surface area (Å²) in [6, 6.07) is 23.2. The molecule has 16 heteroatoms. The van der Waals surface area contributed by atoms with Crippen molar-refractivity contribution in [2.75, 3.05) is 19.0 Å². The van der Waals surface area contributed by atoms with Crippen LogP contribution in [0.2, 0.25) is 0 Å². The second kappa shape index (κ2) is 18.5. The van der Waals surface area contributed by atoms with Gasteiger partial charge in [-0.1, -0.05) is 87.5 Å². The number of nitrogens with one attached hydrogen (secondary N) is 1. The molecule has 4 N–H and O–H groups in total. The van der Waals surface area contributed by atoms with Crippen LogP contribution in [0.15, 0.2) is 102 Å². The van der Waals surface area contributed by atoms with E-state index in [4.69, 9.17) is 23.7 Å². The normalized spacial score (nSPS) is 30.9. The lowest BCUT2D eigenvalue weighted by Crippen LogP contribution is -2.81. The van der Waals surface area contributed by atoms with Crippen LogP contribution in [-0.4, -0.2) is 117 Å². The molecule has 0 spiro atoms. The number of carbonyl (C=O) groups excluding carboxylic acids is 6. The minimum absolute atomic E-state index is 0.0654. The number of ether oxygens (including phenoxy) is 5. The highest BCUT2D eigenvalue weighted by Crippen LogP contribution is 2.66. The van der Waals surface area contributed by atoms with Crippen LogP contribution in [0.5, 0.6) is 0 Å². The molecule has 65 heavy (non-hydrogen) atoms. The number of Topliss-reactive ketones (excluding diaryl/α,β-unsaturated/α-hetero) is 1. The topological polar surface area (TPSA) is 221 Å². The van der Waals surface area contributed by atoms with E-state index in [-0.39, 0.29) is 47.7 Å². The van der Waals surface area contributed by atoms with E-state index in [1.165, 1.54) is 30.8 Å². The van der Waals surface area contributed by atoms with Crippen molar-refractivity contribution < 1.29 is 67.8 Å². The number of aliphatic hydroxyl groups excluding tert-OH is 2. The zero-order valence-electron chi connectivity index (χ0n) is 37.1. The molecule has 3 aromatic carbocycles. The lowest BCUT2D eigenvalue weighted by atomic mass is 9.45. The third kappa shape index (κ3) is 8.39. The molecule has 10 unspecified atom stereocenters. The first-order valence-corrected chi connectivity index (χ1v) is 22.6. The molecule has 2 bridgehead atoms. The maximum Gasteiger partial charge on any atom is 0.338 e. The van der Waals surface area contributed by atoms with E-state index in [2.05, 4.69) is 5.32 Å². The van der Waals surface area contributed by atoms with Crippen LogP contribution in [0.1, 0.15) is 86.7 Å². The minimum atomic E-state index is -2.34. The zero-order chi connectivity index (χ0) is 47.1. The molecule has 11 atom stereocenters. The van der Waals surface area contributed by atoms with Crippen LogP contribution in [0.4, 0.5) is 0 Å². The van der Waals surface area contributed by atoms with Gasteiger partial charge in [0.15, 0.2) is 23.6 Å². The average molecular weight is 914 g/mol. The molecule has 0 radical (unpaired) electrons. The number of thioether (sulfide) groups is 1. The third-order valence-corrected chi connectivity index (χ3v) is 15.4. The Labute approximate surface area is 381 Å². The molecule has 3 aromatic rings. The number of fused-ring (bicyclic) bond motifs is 5. The molecule has 1 saturated heterocycles. The Morgan fingerprint density at radius 2 is 1.46 bits per heavy atom. The van der Waals surface area contributed by atoms with Gasteiger partial charge in [-0.3, -0.25) is 19.2 Å². The SMILES string of the molecule is CC(=O)OC1C(=O)[C@]2(C)C(SCCO)CC3OCC3(OC(C)=O)C2C(OC(=O)c2ccccc2)C2(O)CC(OC(=O)C(O)C(NC(=O)c3ccccc3)c3ccccc3)C(C)=C1C2(C)C. The van der Waals surface area contributed by atoms with Gasteiger partial charge in [-0.2, -0.15) is 11.8 Å². The predicted molar refractivity (Wildman–Crippen MR) is 235 cm³/mol. The molecular formula is C49H55NO14S. The smallest absolute Gasteiger partial charge is 0.338 e. The van der Waals surface area contributed by atoms with Gasteiger partial charge in [-0.25, -0.2) is 9.59 Å². The number of ketones is 1. The van der Waals surface area contributed by atoms with Crippen LogP contribution >= 0.6 is 11.8 Å². The molecular weight excluding hydrogens is 859 g/mol. The van der Waals surface area contributed by atoms with Gasteiger partial charge >= 0.3 is 23.9 Å². The molecule has 0 aromatic heterocycles. The standard InChI is InChI=1S/C49H55NO14S/c1-27-33(62-45(58)38(54)37(30-16-10-7-11-17-30)50-43(56)31-18-12-8-13-19-31)25-49(59)42(63-44(57)32-20-14-9-15-21-32)40-47(6,41(55)39(61-28(2)52)36(27)46(49,4)5)35(65-23-22-51)24-34-48(40,26-60-34)64-29(3)53/h7-21,33-35,37-40,42,51,54,59H,22-26H2,1-6H3,(H,50,56)/t33?,34?,35?,37?,38?,39?,40?,42?,47-,48?,49?/m1/s1. The van der Waals surface area contributed by atoms with Crippen molar-refractivity contribution in [1.82, 2.24) is 5.32 Å². The molecule has 1 aliphatic heterocycles. The van der Waals surface area contributed by atoms with Gasteiger partial charge in [0.1, 0.15) is 23.9 Å². The maximum atomic E-state index is 15.9. The molecule has 3 fully saturated rings. The third-order valence-electron chi connectivity index (χ3n) is 13.9. The Morgan fingerprint density at radius 3 is 2.02 bits per heavy atom. The fourth-order valence-corrected chi connectivity index (χ4v) is 11.9. The Hall–Kier alpha value is -5.39. The second-order valence-electron chi connectivity index (χ2n) is 17.9. The number of esters is 4. The fraction of sp³-hybridized carbons (Fsp3) is 0.469. The van der Waals surface area contributed by atoms with Crippen molar-refractivity contribution in [3.05, 3.63) is 119 Å². The number of benzene rings is 3. The minimum Gasteiger partial charge on any atom is -0.456 e. The highest BCUT2D eigenvalue weighted by Gasteiger charge is 2.78. The molecule has 3 aliphatic carbocycles. The van der Waals surface area contributed by atoms with Crippen molar-refractivity contribution in [1.29, 1.82) is 0 Å². The number of amides is 1. The largest absolute Gasteiger partial charge is 0.456 e. The van der Waals surface area contributed by atoms with Gasteiger partial charge in [0.2, 0.25) is 0 Å². The summed E-state index contributed by atoms with van der Waals surface area (Å²) in [6.07, 6.45) is -8.21. The van der Waals surface area contributed by atoms with E-state index in [1.807, 2.05) is 0 Å². The Kier molecular flexibility index (Phi) is 13.5. The van der Waals surface area contributed by atoms with Gasteiger partial charge in [0.05, 0.1) is 36.2 Å². The van der Waals surface area contributed by atoms with E-state index in [1.54, 1.807) is 107 Å². The number of hydrogen-bond donors (Lipinski definition) is 4. The van der Waals surface area contributed by atoms with Crippen LogP contribution < -0.4 is 5.32 Å². The summed E-state index contributed by atoms with van der Waals surface area (Å²) in [5.41, 5.74) is -6.39. The summed E-state index contributed by atoms with van der Waals surface area (Å²) >= 11 is 1.24. The zero-order valence-corrected chi connectivity index (χ0v) is 37.9. The summed E-state index contributed by atoms with van der Waals surface area (Å²) in [5, 5.41) is 37.8. The number of hydrogen-bond acceptors (Lipinski definition) is 15.